The van der Waals surface area contributed by atoms with Gasteiger partial charge in [-0.3, -0.25) is 0 Å². The van der Waals surface area contributed by atoms with Gasteiger partial charge in [0.1, 0.15) is 0 Å². The fourth-order valence-electron chi connectivity index (χ4n) is 3.79. The topological polar surface area (TPSA) is 36.9 Å². The summed E-state index contributed by atoms with van der Waals surface area (Å²) in [7, 11) is 0. The number of rotatable bonds is 17. The van der Waals surface area contributed by atoms with E-state index >= 15 is 0 Å². The molecule has 0 aromatic heterocycles. The lowest BCUT2D eigenvalue weighted by molar-refractivity contribution is -0.156. The highest BCUT2D eigenvalue weighted by molar-refractivity contribution is 5.37. The molecule has 0 bridgehead atoms. The van der Waals surface area contributed by atoms with Crippen molar-refractivity contribution in [2.24, 2.45) is 0 Å². The molecule has 0 unspecified atom stereocenters. The van der Waals surface area contributed by atoms with Crippen molar-refractivity contribution in [3.63, 3.8) is 0 Å². The first kappa shape index (κ1) is 27.1. The molecule has 0 atom stereocenters. The number of benzene rings is 1. The Morgan fingerprint density at radius 3 is 1.67 bits per heavy atom. The van der Waals surface area contributed by atoms with E-state index in [0.717, 1.165) is 11.1 Å². The van der Waals surface area contributed by atoms with Gasteiger partial charge in [-0.1, -0.05) is 65.0 Å². The maximum Gasteiger partial charge on any atom is 0.184 e. The Kier molecular flexibility index (Phi) is 13.5. The molecule has 0 N–H and O–H groups in total. The minimum atomic E-state index is -0.418. The molecule has 0 fully saturated rings. The van der Waals surface area contributed by atoms with Gasteiger partial charge in [0.25, 0.3) is 0 Å². The zero-order chi connectivity index (χ0) is 22.4. The standard InChI is InChI=1S/C26H46O4/c1-8-13-14-15-16-19-26(6,7)21-17-18-22(24(27-9-2)28-10-3)23(20-21)25(29-11-4)30-12-5/h17-18,20,24-25H,8-16,19H2,1-7H3. The summed E-state index contributed by atoms with van der Waals surface area (Å²) >= 11 is 0. The molecule has 0 aliphatic heterocycles. The minimum absolute atomic E-state index is 0.0925. The third kappa shape index (κ3) is 8.66. The van der Waals surface area contributed by atoms with Crippen LogP contribution in [0.15, 0.2) is 18.2 Å². The van der Waals surface area contributed by atoms with Crippen molar-refractivity contribution in [1.29, 1.82) is 0 Å². The Bertz CT molecular complexity index is 558. The largest absolute Gasteiger partial charge is 0.349 e. The Balaban J connectivity index is 3.22. The number of hydrogen-bond donors (Lipinski definition) is 0. The van der Waals surface area contributed by atoms with Crippen molar-refractivity contribution in [1.82, 2.24) is 0 Å². The van der Waals surface area contributed by atoms with Crippen LogP contribution in [0.1, 0.15) is 116 Å². The molecule has 30 heavy (non-hydrogen) atoms. The highest BCUT2D eigenvalue weighted by Crippen LogP contribution is 2.36. The predicted molar refractivity (Wildman–Crippen MR) is 125 cm³/mol. The van der Waals surface area contributed by atoms with E-state index in [1.165, 1.54) is 44.1 Å². The summed E-state index contributed by atoms with van der Waals surface area (Å²) in [6, 6.07) is 6.62. The van der Waals surface area contributed by atoms with Gasteiger partial charge in [-0.2, -0.15) is 0 Å². The molecular weight excluding hydrogens is 376 g/mol. The summed E-state index contributed by atoms with van der Waals surface area (Å²) in [6.07, 6.45) is 6.85. The van der Waals surface area contributed by atoms with Crippen molar-refractivity contribution < 1.29 is 18.9 Å². The molecule has 1 aromatic rings. The van der Waals surface area contributed by atoms with E-state index < -0.39 is 12.6 Å². The molecule has 4 nitrogen and oxygen atoms in total. The van der Waals surface area contributed by atoms with Crippen LogP contribution < -0.4 is 0 Å². The van der Waals surface area contributed by atoms with Crippen LogP contribution in [0.2, 0.25) is 0 Å². The van der Waals surface area contributed by atoms with Gasteiger partial charge in [-0.15, -0.1) is 0 Å². The van der Waals surface area contributed by atoms with E-state index in [0.29, 0.717) is 26.4 Å². The van der Waals surface area contributed by atoms with Crippen molar-refractivity contribution in [2.75, 3.05) is 26.4 Å². The van der Waals surface area contributed by atoms with E-state index in [1.807, 2.05) is 27.7 Å². The molecule has 4 heteroatoms. The van der Waals surface area contributed by atoms with Gasteiger partial charge >= 0.3 is 0 Å². The lowest BCUT2D eigenvalue weighted by atomic mass is 9.78. The van der Waals surface area contributed by atoms with Gasteiger partial charge in [-0.05, 0) is 51.2 Å². The first-order chi connectivity index (χ1) is 14.4. The molecule has 0 radical (unpaired) electrons. The molecule has 1 rings (SSSR count). The van der Waals surface area contributed by atoms with Gasteiger partial charge in [-0.25, -0.2) is 0 Å². The molecule has 0 heterocycles. The third-order valence-electron chi connectivity index (χ3n) is 5.55. The number of unbranched alkanes of at least 4 members (excludes halogenated alkanes) is 4. The average molecular weight is 423 g/mol. The van der Waals surface area contributed by atoms with Gasteiger partial charge < -0.3 is 18.9 Å². The van der Waals surface area contributed by atoms with Crippen LogP contribution in [-0.2, 0) is 24.4 Å². The summed E-state index contributed by atoms with van der Waals surface area (Å²) in [5, 5.41) is 0. The quantitative estimate of drug-likeness (QED) is 0.193. The van der Waals surface area contributed by atoms with Gasteiger partial charge in [0.2, 0.25) is 0 Å². The maximum absolute atomic E-state index is 5.98. The van der Waals surface area contributed by atoms with Crippen molar-refractivity contribution in [2.45, 2.75) is 105 Å². The van der Waals surface area contributed by atoms with E-state index in [2.05, 4.69) is 39.0 Å². The molecular formula is C26H46O4. The summed E-state index contributed by atoms with van der Waals surface area (Å²) in [5.74, 6) is 0. The van der Waals surface area contributed by atoms with Crippen LogP contribution in [0.4, 0.5) is 0 Å². The molecule has 0 saturated heterocycles. The molecule has 0 aliphatic carbocycles. The normalized spacial score (nSPS) is 12.3. The Hall–Kier alpha value is -0.940. The van der Waals surface area contributed by atoms with Crippen molar-refractivity contribution in [3.8, 4) is 0 Å². The van der Waals surface area contributed by atoms with Crippen LogP contribution in [0.3, 0.4) is 0 Å². The first-order valence-electron chi connectivity index (χ1n) is 12.1. The first-order valence-corrected chi connectivity index (χ1v) is 12.1. The van der Waals surface area contributed by atoms with Crippen molar-refractivity contribution >= 4 is 0 Å². The third-order valence-corrected chi connectivity index (χ3v) is 5.55. The van der Waals surface area contributed by atoms with Crippen LogP contribution in [0, 0.1) is 0 Å². The highest BCUT2D eigenvalue weighted by atomic mass is 16.7. The smallest absolute Gasteiger partial charge is 0.184 e. The minimum Gasteiger partial charge on any atom is -0.349 e. The van der Waals surface area contributed by atoms with Crippen molar-refractivity contribution in [3.05, 3.63) is 34.9 Å². The Morgan fingerprint density at radius 2 is 1.17 bits per heavy atom. The lowest BCUT2D eigenvalue weighted by Gasteiger charge is -2.30. The van der Waals surface area contributed by atoms with Crippen LogP contribution in [0.5, 0.6) is 0 Å². The van der Waals surface area contributed by atoms with Crippen LogP contribution >= 0.6 is 0 Å². The van der Waals surface area contributed by atoms with Gasteiger partial charge in [0.15, 0.2) is 12.6 Å². The summed E-state index contributed by atoms with van der Waals surface area (Å²) < 4.78 is 23.8. The van der Waals surface area contributed by atoms with Gasteiger partial charge in [0, 0.05) is 37.6 Å². The summed E-state index contributed by atoms with van der Waals surface area (Å²) in [6.45, 7) is 17.3. The van der Waals surface area contributed by atoms with Crippen LogP contribution in [-0.4, -0.2) is 26.4 Å². The second kappa shape index (κ2) is 15.0. The number of hydrogen-bond acceptors (Lipinski definition) is 4. The molecule has 0 amide bonds. The molecule has 0 spiro atoms. The van der Waals surface area contributed by atoms with E-state index in [4.69, 9.17) is 18.9 Å². The maximum atomic E-state index is 5.98. The fraction of sp³-hybridized carbons (Fsp3) is 0.769. The molecule has 0 aliphatic rings. The molecule has 0 saturated carbocycles. The molecule has 174 valence electrons. The monoisotopic (exact) mass is 422 g/mol. The van der Waals surface area contributed by atoms with Crippen LogP contribution in [0.25, 0.3) is 0 Å². The molecule has 1 aromatic carbocycles. The second-order valence-electron chi connectivity index (χ2n) is 8.38. The van der Waals surface area contributed by atoms with E-state index in [1.54, 1.807) is 0 Å². The van der Waals surface area contributed by atoms with E-state index in [9.17, 15) is 0 Å². The zero-order valence-corrected chi connectivity index (χ0v) is 20.6. The highest BCUT2D eigenvalue weighted by Gasteiger charge is 2.27. The zero-order valence-electron chi connectivity index (χ0n) is 20.6. The summed E-state index contributed by atoms with van der Waals surface area (Å²) in [4.78, 5) is 0. The second-order valence-corrected chi connectivity index (χ2v) is 8.38. The fourth-order valence-corrected chi connectivity index (χ4v) is 3.79. The Morgan fingerprint density at radius 1 is 0.667 bits per heavy atom. The van der Waals surface area contributed by atoms with Gasteiger partial charge in [0.05, 0.1) is 0 Å². The summed E-state index contributed by atoms with van der Waals surface area (Å²) in [5.41, 5.74) is 3.41. The number of ether oxygens (including phenoxy) is 4. The predicted octanol–water partition coefficient (Wildman–Crippen LogP) is 7.47. The lowest BCUT2D eigenvalue weighted by Crippen LogP contribution is -2.21. The average Bonchev–Trinajstić information content (AvgIpc) is 2.73. The Labute approximate surface area is 185 Å². The van der Waals surface area contributed by atoms with E-state index in [-0.39, 0.29) is 5.41 Å². The SMILES string of the molecule is CCCCCCCC(C)(C)c1ccc(C(OCC)OCC)c(C(OCC)OCC)c1.